The molecule has 4 aromatic rings. The van der Waals surface area contributed by atoms with Crippen LogP contribution >= 0.6 is 0 Å². The van der Waals surface area contributed by atoms with Gasteiger partial charge in [0.1, 0.15) is 12.7 Å². The summed E-state index contributed by atoms with van der Waals surface area (Å²) in [5.41, 5.74) is 4.84. The highest BCUT2D eigenvalue weighted by atomic mass is 15.0. The summed E-state index contributed by atoms with van der Waals surface area (Å²) in [6.45, 7) is 4.97. The summed E-state index contributed by atoms with van der Waals surface area (Å²) < 4.78 is 45.6. The molecule has 0 N–H and O–H groups in total. The highest BCUT2D eigenvalue weighted by Crippen LogP contribution is 2.31. The van der Waals surface area contributed by atoms with E-state index in [2.05, 4.69) is 0 Å². The molecule has 0 amide bonds. The van der Waals surface area contributed by atoms with Crippen LogP contribution in [0.25, 0.3) is 27.9 Å². The Hall–Kier alpha value is -2.68. The molecule has 4 rings (SSSR count). The van der Waals surface area contributed by atoms with Crippen LogP contribution in [0.5, 0.6) is 0 Å². The number of fused-ring (bicyclic) bond motifs is 3. The Balaban J connectivity index is 2.05. The molecule has 0 unspecified atom stereocenters. The predicted octanol–water partition coefficient (Wildman–Crippen LogP) is 5.18. The average molecular weight is 364 g/mol. The minimum absolute atomic E-state index is 0.0391. The van der Waals surface area contributed by atoms with Crippen LogP contribution in [0, 0.1) is 19.2 Å². The number of aryl methyl sites for hydroxylation is 3. The van der Waals surface area contributed by atoms with E-state index in [0.29, 0.717) is 0 Å². The van der Waals surface area contributed by atoms with E-state index >= 15 is 0 Å². The van der Waals surface area contributed by atoms with Crippen molar-refractivity contribution in [3.05, 3.63) is 65.5 Å². The second kappa shape index (κ2) is 6.19. The molecular weight excluding hydrogens is 330 g/mol. The largest absolute Gasteiger partial charge is 0.299 e. The van der Waals surface area contributed by atoms with Gasteiger partial charge in [-0.05, 0) is 61.0 Å². The number of aromatic nitrogens is 3. The Morgan fingerprint density at radius 3 is 2.78 bits per heavy atom. The molecule has 3 heterocycles. The van der Waals surface area contributed by atoms with E-state index in [1.54, 1.807) is 44.6 Å². The third-order valence-electron chi connectivity index (χ3n) is 4.78. The average Bonchev–Trinajstić information content (AvgIpc) is 3.06. The fraction of sp³-hybridized carbons (Fsp3) is 0.333. The van der Waals surface area contributed by atoms with Crippen molar-refractivity contribution in [2.75, 3.05) is 0 Å². The lowest BCUT2D eigenvalue weighted by molar-refractivity contribution is -0.660. The van der Waals surface area contributed by atoms with Crippen LogP contribution in [-0.2, 0) is 13.4 Å². The number of imidazole rings is 1. The zero-order valence-electron chi connectivity index (χ0n) is 21.5. The van der Waals surface area contributed by atoms with Gasteiger partial charge in [-0.15, -0.1) is 0 Å². The van der Waals surface area contributed by atoms with Gasteiger partial charge in [0.15, 0.2) is 6.20 Å². The molecule has 0 aliphatic rings. The number of nitrogens with zero attached hydrogens (tertiary/aromatic N) is 3. The maximum Gasteiger partial charge on any atom is 0.212 e. The fourth-order valence-electron chi connectivity index (χ4n) is 3.62. The highest BCUT2D eigenvalue weighted by Gasteiger charge is 2.21. The minimum Gasteiger partial charge on any atom is -0.299 e. The molecule has 0 saturated heterocycles. The summed E-state index contributed by atoms with van der Waals surface area (Å²) in [5, 5.41) is 0. The van der Waals surface area contributed by atoms with Crippen molar-refractivity contribution in [1.29, 1.82) is 0 Å². The lowest BCUT2D eigenvalue weighted by Gasteiger charge is -2.19. The molecule has 0 spiro atoms. The molecule has 3 heteroatoms. The summed E-state index contributed by atoms with van der Waals surface area (Å²) in [6, 6.07) is 11.5. The van der Waals surface area contributed by atoms with E-state index in [1.807, 2.05) is 47.9 Å². The van der Waals surface area contributed by atoms with Crippen molar-refractivity contribution in [1.82, 2.24) is 9.38 Å². The van der Waals surface area contributed by atoms with Crippen LogP contribution in [0.4, 0.5) is 0 Å². The standard InChI is InChI=1S/C24H28N3/c1-16-15-26(6)21(13-18(16)14-24(3,4)5)19-10-11-20-23(17(19)2)27-12-8-7-9-22(27)25-20/h7-13,15H,14H2,1-6H3/q+1/i1D3,14D2. The molecule has 0 aliphatic carbocycles. The van der Waals surface area contributed by atoms with E-state index in [0.717, 1.165) is 33.5 Å². The predicted molar refractivity (Wildman–Crippen MR) is 112 cm³/mol. The van der Waals surface area contributed by atoms with Gasteiger partial charge in [-0.25, -0.2) is 9.55 Å². The molecule has 3 aromatic heterocycles. The monoisotopic (exact) mass is 363 g/mol. The fourth-order valence-corrected chi connectivity index (χ4v) is 3.62. The number of pyridine rings is 2. The SMILES string of the molecule is [2H]C([2H])([2H])c1c[n+](C)c(-c2ccc3nc4ccccn4c3c2C)cc1C([2H])([2H])C(C)(C)C. The van der Waals surface area contributed by atoms with E-state index in [4.69, 9.17) is 11.8 Å². The summed E-state index contributed by atoms with van der Waals surface area (Å²) in [4.78, 5) is 4.69. The van der Waals surface area contributed by atoms with Crippen LogP contribution in [0.3, 0.4) is 0 Å². The van der Waals surface area contributed by atoms with Crippen molar-refractivity contribution < 1.29 is 11.4 Å². The number of hydrogen-bond donors (Lipinski definition) is 0. The van der Waals surface area contributed by atoms with Crippen molar-refractivity contribution in [3.8, 4) is 11.3 Å². The van der Waals surface area contributed by atoms with Gasteiger partial charge in [0, 0.05) is 24.7 Å². The maximum atomic E-state index is 8.83. The van der Waals surface area contributed by atoms with Crippen LogP contribution in [0.1, 0.15) is 44.3 Å². The third-order valence-corrected chi connectivity index (χ3v) is 4.78. The number of rotatable bonds is 2. The zero-order valence-corrected chi connectivity index (χ0v) is 16.5. The van der Waals surface area contributed by atoms with Gasteiger partial charge < -0.3 is 0 Å². The second-order valence-electron chi connectivity index (χ2n) is 8.12. The Kier molecular flexibility index (Phi) is 2.90. The van der Waals surface area contributed by atoms with Crippen LogP contribution in [0.15, 0.2) is 48.8 Å². The first-order valence-electron chi connectivity index (χ1n) is 11.6. The summed E-state index contributed by atoms with van der Waals surface area (Å²) in [6.07, 6.45) is 1.68. The number of benzene rings is 1. The lowest BCUT2D eigenvalue weighted by Crippen LogP contribution is -2.32. The van der Waals surface area contributed by atoms with Gasteiger partial charge in [0.25, 0.3) is 0 Å². The molecule has 0 fully saturated rings. The first-order chi connectivity index (χ1) is 14.7. The van der Waals surface area contributed by atoms with Gasteiger partial charge in [0.2, 0.25) is 5.69 Å². The Labute approximate surface area is 168 Å². The second-order valence-corrected chi connectivity index (χ2v) is 8.12. The van der Waals surface area contributed by atoms with E-state index in [-0.39, 0.29) is 11.1 Å². The van der Waals surface area contributed by atoms with Crippen molar-refractivity contribution in [3.63, 3.8) is 0 Å². The quantitative estimate of drug-likeness (QED) is 0.449. The van der Waals surface area contributed by atoms with E-state index in [1.165, 1.54) is 0 Å². The van der Waals surface area contributed by atoms with Crippen molar-refractivity contribution in [2.24, 2.45) is 12.5 Å². The zero-order chi connectivity index (χ0) is 23.6. The molecule has 0 saturated carbocycles. The summed E-state index contributed by atoms with van der Waals surface area (Å²) >= 11 is 0. The minimum atomic E-state index is -2.43. The van der Waals surface area contributed by atoms with Gasteiger partial charge in [-0.2, -0.15) is 0 Å². The van der Waals surface area contributed by atoms with Crippen LogP contribution in [0.2, 0.25) is 0 Å². The highest BCUT2D eigenvalue weighted by molar-refractivity contribution is 5.88. The normalized spacial score (nSPS) is 16.0. The maximum absolute atomic E-state index is 8.83. The Morgan fingerprint density at radius 2 is 2.04 bits per heavy atom. The first-order valence-corrected chi connectivity index (χ1v) is 9.15. The van der Waals surface area contributed by atoms with Gasteiger partial charge in [0.05, 0.1) is 16.6 Å². The van der Waals surface area contributed by atoms with Gasteiger partial charge >= 0.3 is 0 Å². The Morgan fingerprint density at radius 1 is 1.22 bits per heavy atom. The molecule has 138 valence electrons. The molecule has 0 bridgehead atoms. The topological polar surface area (TPSA) is 21.2 Å². The third kappa shape index (κ3) is 3.12. The Bertz CT molecular complexity index is 1340. The summed E-state index contributed by atoms with van der Waals surface area (Å²) in [7, 11) is 1.80. The van der Waals surface area contributed by atoms with Gasteiger partial charge in [-0.1, -0.05) is 26.8 Å². The molecule has 3 nitrogen and oxygen atoms in total. The van der Waals surface area contributed by atoms with Crippen molar-refractivity contribution in [2.45, 2.75) is 40.9 Å². The molecule has 0 atom stereocenters. The lowest BCUT2D eigenvalue weighted by atomic mass is 9.86. The molecular formula is C24H28N3+. The first kappa shape index (κ1) is 12.7. The smallest absolute Gasteiger partial charge is 0.212 e. The van der Waals surface area contributed by atoms with Crippen molar-refractivity contribution >= 4 is 16.7 Å². The number of hydrogen-bond acceptors (Lipinski definition) is 1. The molecule has 27 heavy (non-hydrogen) atoms. The van der Waals surface area contributed by atoms with Crippen LogP contribution < -0.4 is 4.57 Å². The molecule has 1 aromatic carbocycles. The summed E-state index contributed by atoms with van der Waals surface area (Å²) in [5.74, 6) is 0. The van der Waals surface area contributed by atoms with E-state index < -0.39 is 18.6 Å². The molecule has 0 aliphatic heterocycles. The van der Waals surface area contributed by atoms with Crippen LogP contribution in [-0.4, -0.2) is 9.38 Å². The van der Waals surface area contributed by atoms with Gasteiger partial charge in [-0.3, -0.25) is 4.40 Å². The molecule has 0 radical (unpaired) electrons. The van der Waals surface area contributed by atoms with E-state index in [9.17, 15) is 0 Å².